The van der Waals surface area contributed by atoms with Crippen LogP contribution in [0.15, 0.2) is 0 Å². The lowest BCUT2D eigenvalue weighted by Gasteiger charge is -2.23. The lowest BCUT2D eigenvalue weighted by Crippen LogP contribution is -2.37. The first-order chi connectivity index (χ1) is 6.73. The third kappa shape index (κ3) is 4.98. The average Bonchev–Trinajstić information content (AvgIpc) is 2.78. The summed E-state index contributed by atoms with van der Waals surface area (Å²) in [6.45, 7) is 12.2. The van der Waals surface area contributed by atoms with Crippen LogP contribution in [0.4, 0.5) is 0 Å². The van der Waals surface area contributed by atoms with Gasteiger partial charge in [0.25, 0.3) is 0 Å². The van der Waals surface area contributed by atoms with Crippen molar-refractivity contribution in [1.82, 2.24) is 5.32 Å². The van der Waals surface area contributed by atoms with E-state index in [9.17, 15) is 0 Å². The molecule has 0 aromatic rings. The van der Waals surface area contributed by atoms with Gasteiger partial charge in [-0.25, -0.2) is 0 Å². The van der Waals surface area contributed by atoms with E-state index in [-0.39, 0.29) is 11.1 Å². The molecule has 2 atom stereocenters. The first-order valence-corrected chi connectivity index (χ1v) is 6.04. The molecule has 1 N–H and O–H groups in total. The molecule has 0 spiro atoms. The van der Waals surface area contributed by atoms with Gasteiger partial charge in [0.1, 0.15) is 0 Å². The van der Waals surface area contributed by atoms with E-state index in [1.54, 1.807) is 0 Å². The second-order valence-corrected chi connectivity index (χ2v) is 6.55. The first-order valence-electron chi connectivity index (χ1n) is 6.04. The number of hydrogen-bond acceptors (Lipinski definition) is 2. The van der Waals surface area contributed by atoms with Gasteiger partial charge in [0.2, 0.25) is 0 Å². The van der Waals surface area contributed by atoms with E-state index in [0.29, 0.717) is 0 Å². The van der Waals surface area contributed by atoms with Crippen LogP contribution in [-0.4, -0.2) is 24.8 Å². The molecule has 90 valence electrons. The quantitative estimate of drug-likeness (QED) is 0.758. The fourth-order valence-electron chi connectivity index (χ4n) is 1.96. The highest BCUT2D eigenvalue weighted by Gasteiger charge is 2.40. The molecule has 2 unspecified atom stereocenters. The highest BCUT2D eigenvalue weighted by atomic mass is 16.5. The summed E-state index contributed by atoms with van der Waals surface area (Å²) in [5.74, 6) is 1.74. The van der Waals surface area contributed by atoms with Crippen molar-refractivity contribution in [3.05, 3.63) is 0 Å². The molecule has 15 heavy (non-hydrogen) atoms. The molecule has 1 saturated carbocycles. The summed E-state index contributed by atoms with van der Waals surface area (Å²) in [6.07, 6.45) is 2.57. The summed E-state index contributed by atoms with van der Waals surface area (Å²) in [7, 11) is 1.81. The van der Waals surface area contributed by atoms with Crippen molar-refractivity contribution in [3.63, 3.8) is 0 Å². The smallest absolute Gasteiger partial charge is 0.0625 e. The third-order valence-electron chi connectivity index (χ3n) is 3.27. The topological polar surface area (TPSA) is 21.3 Å². The van der Waals surface area contributed by atoms with Gasteiger partial charge < -0.3 is 10.1 Å². The molecule has 0 saturated heterocycles. The summed E-state index contributed by atoms with van der Waals surface area (Å²) < 4.78 is 5.46. The highest BCUT2D eigenvalue weighted by molar-refractivity contribution is 4.93. The zero-order valence-corrected chi connectivity index (χ0v) is 11.2. The molecule has 0 heterocycles. The van der Waals surface area contributed by atoms with E-state index >= 15 is 0 Å². The SMILES string of the molecule is COC(C)(C)CC1CC1CNC(C)(C)C. The summed E-state index contributed by atoms with van der Waals surface area (Å²) in [6, 6.07) is 0. The maximum atomic E-state index is 5.46. The fraction of sp³-hybridized carbons (Fsp3) is 1.00. The Bertz CT molecular complexity index is 205. The van der Waals surface area contributed by atoms with E-state index in [1.807, 2.05) is 7.11 Å². The number of ether oxygens (including phenoxy) is 1. The van der Waals surface area contributed by atoms with Gasteiger partial charge in [0.05, 0.1) is 5.60 Å². The van der Waals surface area contributed by atoms with E-state index < -0.39 is 0 Å². The molecule has 0 radical (unpaired) electrons. The van der Waals surface area contributed by atoms with Crippen LogP contribution in [-0.2, 0) is 4.74 Å². The van der Waals surface area contributed by atoms with E-state index in [4.69, 9.17) is 4.74 Å². The molecule has 1 rings (SSSR count). The Balaban J connectivity index is 2.19. The van der Waals surface area contributed by atoms with Crippen LogP contribution in [0.25, 0.3) is 0 Å². The highest BCUT2D eigenvalue weighted by Crippen LogP contribution is 2.44. The Hall–Kier alpha value is -0.0800. The van der Waals surface area contributed by atoms with Crippen molar-refractivity contribution in [2.24, 2.45) is 11.8 Å². The zero-order valence-electron chi connectivity index (χ0n) is 11.2. The summed E-state index contributed by atoms with van der Waals surface area (Å²) in [5.41, 5.74) is 0.311. The van der Waals surface area contributed by atoms with Crippen molar-refractivity contribution < 1.29 is 4.74 Å². The van der Waals surface area contributed by atoms with Crippen LogP contribution in [0.3, 0.4) is 0 Å². The van der Waals surface area contributed by atoms with Crippen molar-refractivity contribution in [3.8, 4) is 0 Å². The molecule has 1 fully saturated rings. The van der Waals surface area contributed by atoms with Crippen molar-refractivity contribution >= 4 is 0 Å². The van der Waals surface area contributed by atoms with Gasteiger partial charge in [-0.3, -0.25) is 0 Å². The molecular formula is C13H27NO. The molecule has 1 aliphatic carbocycles. The second-order valence-electron chi connectivity index (χ2n) is 6.55. The van der Waals surface area contributed by atoms with Crippen LogP contribution in [0.1, 0.15) is 47.5 Å². The number of methoxy groups -OCH3 is 1. The minimum atomic E-state index is 0.0567. The first kappa shape index (κ1) is 13.0. The molecule has 2 heteroatoms. The second kappa shape index (κ2) is 4.42. The Kier molecular flexibility index (Phi) is 3.83. The Morgan fingerprint density at radius 3 is 2.20 bits per heavy atom. The van der Waals surface area contributed by atoms with Gasteiger partial charge in [0.15, 0.2) is 0 Å². The largest absolute Gasteiger partial charge is 0.379 e. The van der Waals surface area contributed by atoms with Crippen LogP contribution in [0.2, 0.25) is 0 Å². The summed E-state index contributed by atoms with van der Waals surface area (Å²) in [5, 5.41) is 3.58. The standard InChI is InChI=1S/C13H27NO/c1-12(2,3)14-9-11-7-10(11)8-13(4,5)15-6/h10-11,14H,7-9H2,1-6H3. The van der Waals surface area contributed by atoms with Crippen molar-refractivity contribution in [1.29, 1.82) is 0 Å². The Morgan fingerprint density at radius 2 is 1.73 bits per heavy atom. The van der Waals surface area contributed by atoms with Gasteiger partial charge in [-0.05, 0) is 65.8 Å². The summed E-state index contributed by atoms with van der Waals surface area (Å²) in [4.78, 5) is 0. The third-order valence-corrected chi connectivity index (χ3v) is 3.27. The normalized spacial score (nSPS) is 26.8. The minimum Gasteiger partial charge on any atom is -0.379 e. The van der Waals surface area contributed by atoms with Crippen molar-refractivity contribution in [2.45, 2.75) is 58.6 Å². The maximum Gasteiger partial charge on any atom is 0.0625 e. The van der Waals surface area contributed by atoms with Gasteiger partial charge >= 0.3 is 0 Å². The predicted molar refractivity (Wildman–Crippen MR) is 65.1 cm³/mol. The molecule has 0 amide bonds. The van der Waals surface area contributed by atoms with E-state index in [2.05, 4.69) is 39.9 Å². The van der Waals surface area contributed by atoms with Crippen LogP contribution >= 0.6 is 0 Å². The fourth-order valence-corrected chi connectivity index (χ4v) is 1.96. The predicted octanol–water partition coefficient (Wildman–Crippen LogP) is 2.83. The lowest BCUT2D eigenvalue weighted by atomic mass is 10.00. The Labute approximate surface area is 94.8 Å². The molecule has 2 nitrogen and oxygen atoms in total. The van der Waals surface area contributed by atoms with E-state index in [0.717, 1.165) is 18.4 Å². The molecule has 0 aromatic carbocycles. The van der Waals surface area contributed by atoms with Gasteiger partial charge in [0, 0.05) is 12.6 Å². The lowest BCUT2D eigenvalue weighted by molar-refractivity contribution is 0.00966. The maximum absolute atomic E-state index is 5.46. The van der Waals surface area contributed by atoms with Gasteiger partial charge in [-0.2, -0.15) is 0 Å². The Morgan fingerprint density at radius 1 is 1.13 bits per heavy atom. The van der Waals surface area contributed by atoms with E-state index in [1.165, 1.54) is 12.8 Å². The average molecular weight is 213 g/mol. The molecular weight excluding hydrogens is 186 g/mol. The number of hydrogen-bond donors (Lipinski definition) is 1. The van der Waals surface area contributed by atoms with Crippen LogP contribution in [0.5, 0.6) is 0 Å². The van der Waals surface area contributed by atoms with Gasteiger partial charge in [-0.15, -0.1) is 0 Å². The monoisotopic (exact) mass is 213 g/mol. The number of nitrogens with one attached hydrogen (secondary N) is 1. The van der Waals surface area contributed by atoms with Crippen LogP contribution < -0.4 is 5.32 Å². The van der Waals surface area contributed by atoms with Crippen LogP contribution in [0, 0.1) is 11.8 Å². The molecule has 0 aliphatic heterocycles. The molecule has 1 aliphatic rings. The zero-order chi connectivity index (χ0) is 11.7. The molecule has 0 bridgehead atoms. The number of rotatable bonds is 5. The summed E-state index contributed by atoms with van der Waals surface area (Å²) >= 11 is 0. The van der Waals surface area contributed by atoms with Gasteiger partial charge in [-0.1, -0.05) is 0 Å². The van der Waals surface area contributed by atoms with Crippen molar-refractivity contribution in [2.75, 3.05) is 13.7 Å². The molecule has 0 aromatic heterocycles. The minimum absolute atomic E-state index is 0.0567.